The fourth-order valence-electron chi connectivity index (χ4n) is 1.27. The Labute approximate surface area is 113 Å². The molecule has 0 spiro atoms. The second-order valence-corrected chi connectivity index (χ2v) is 5.63. The number of nitrogens with one attached hydrogen (secondary N) is 1. The fourth-order valence-corrected chi connectivity index (χ4v) is 2.98. The molecule has 3 N–H and O–H groups in total. The maximum Gasteiger partial charge on any atom is 0.322 e. The molecule has 0 aliphatic rings. The number of benzene rings is 1. The maximum atomic E-state index is 11.9. The minimum absolute atomic E-state index is 0.0885. The van der Waals surface area contributed by atoms with Crippen molar-refractivity contribution in [1.82, 2.24) is 4.72 Å². The summed E-state index contributed by atoms with van der Waals surface area (Å²) in [5, 5.41) is 17.2. The summed E-state index contributed by atoms with van der Waals surface area (Å²) in [6, 6.07) is 3.66. The van der Waals surface area contributed by atoms with E-state index in [-0.39, 0.29) is 9.92 Å². The number of carbonyl (C=O) groups is 2. The highest BCUT2D eigenvalue weighted by molar-refractivity contribution is 7.89. The van der Waals surface area contributed by atoms with E-state index in [1.54, 1.807) is 4.72 Å². The third-order valence-electron chi connectivity index (χ3n) is 2.10. The minimum atomic E-state index is -4.21. The number of sulfonamides is 1. The van der Waals surface area contributed by atoms with Gasteiger partial charge in [-0.15, -0.1) is 0 Å². The third-order valence-corrected chi connectivity index (χ3v) is 4.07. The van der Waals surface area contributed by atoms with E-state index in [1.807, 2.05) is 0 Å². The van der Waals surface area contributed by atoms with Crippen molar-refractivity contribution in [2.75, 3.05) is 0 Å². The van der Waals surface area contributed by atoms with E-state index in [4.69, 9.17) is 21.8 Å². The van der Waals surface area contributed by atoms with Gasteiger partial charge in [0.25, 0.3) is 0 Å². The first-order valence-electron chi connectivity index (χ1n) is 4.95. The zero-order chi connectivity index (χ0) is 14.6. The van der Waals surface area contributed by atoms with E-state index in [0.717, 1.165) is 0 Å². The molecule has 0 aliphatic carbocycles. The first-order chi connectivity index (χ1) is 8.74. The van der Waals surface area contributed by atoms with Crippen molar-refractivity contribution >= 4 is 33.6 Å². The van der Waals surface area contributed by atoms with Crippen LogP contribution in [-0.2, 0) is 19.6 Å². The summed E-state index contributed by atoms with van der Waals surface area (Å²) < 4.78 is 25.6. The van der Waals surface area contributed by atoms with E-state index in [0.29, 0.717) is 0 Å². The molecule has 0 aromatic heterocycles. The molecule has 1 atom stereocenters. The van der Waals surface area contributed by atoms with Gasteiger partial charge < -0.3 is 10.2 Å². The molecular weight excluding hydrogens is 298 g/mol. The van der Waals surface area contributed by atoms with Gasteiger partial charge in [-0.05, 0) is 12.1 Å². The number of aliphatic carboxylic acids is 2. The average molecular weight is 308 g/mol. The molecule has 0 bridgehead atoms. The SMILES string of the molecule is O=C(O)C[C@H](NS(=O)(=O)c1ccccc1Cl)C(=O)O. The molecule has 0 unspecified atom stereocenters. The lowest BCUT2D eigenvalue weighted by Gasteiger charge is -2.13. The van der Waals surface area contributed by atoms with Crippen molar-refractivity contribution < 1.29 is 28.2 Å². The van der Waals surface area contributed by atoms with Gasteiger partial charge >= 0.3 is 11.9 Å². The zero-order valence-corrected chi connectivity index (χ0v) is 11.0. The van der Waals surface area contributed by atoms with Crippen molar-refractivity contribution in [2.24, 2.45) is 0 Å². The van der Waals surface area contributed by atoms with Crippen LogP contribution >= 0.6 is 11.6 Å². The summed E-state index contributed by atoms with van der Waals surface area (Å²) in [6.45, 7) is 0. The number of hydrogen-bond acceptors (Lipinski definition) is 4. The van der Waals surface area contributed by atoms with Crippen molar-refractivity contribution in [3.8, 4) is 0 Å². The van der Waals surface area contributed by atoms with Crippen LogP contribution in [0.2, 0.25) is 5.02 Å². The summed E-state index contributed by atoms with van der Waals surface area (Å²) in [5.41, 5.74) is 0. The Morgan fingerprint density at radius 3 is 2.32 bits per heavy atom. The van der Waals surface area contributed by atoms with Gasteiger partial charge in [0.05, 0.1) is 11.4 Å². The Morgan fingerprint density at radius 2 is 1.84 bits per heavy atom. The molecule has 0 radical (unpaired) electrons. The molecule has 9 heteroatoms. The molecule has 19 heavy (non-hydrogen) atoms. The Balaban J connectivity index is 3.04. The van der Waals surface area contributed by atoms with Gasteiger partial charge in [-0.1, -0.05) is 23.7 Å². The molecule has 104 valence electrons. The van der Waals surface area contributed by atoms with Gasteiger partial charge in [0.1, 0.15) is 10.9 Å². The number of halogens is 1. The number of rotatable bonds is 6. The summed E-state index contributed by atoms with van der Waals surface area (Å²) in [4.78, 5) is 21.0. The zero-order valence-electron chi connectivity index (χ0n) is 9.41. The Morgan fingerprint density at radius 1 is 1.26 bits per heavy atom. The Hall–Kier alpha value is -1.64. The fraction of sp³-hybridized carbons (Fsp3) is 0.200. The van der Waals surface area contributed by atoms with E-state index in [1.165, 1.54) is 24.3 Å². The largest absolute Gasteiger partial charge is 0.481 e. The Kier molecular flexibility index (Phi) is 4.87. The summed E-state index contributed by atoms with van der Waals surface area (Å²) >= 11 is 5.69. The maximum absolute atomic E-state index is 11.9. The number of carboxylic acid groups (broad SMARTS) is 2. The highest BCUT2D eigenvalue weighted by Crippen LogP contribution is 2.20. The smallest absolute Gasteiger partial charge is 0.322 e. The van der Waals surface area contributed by atoms with Gasteiger partial charge in [0.15, 0.2) is 0 Å². The molecule has 1 rings (SSSR count). The molecule has 0 saturated carbocycles. The molecular formula is C10H10ClNO6S. The van der Waals surface area contributed by atoms with Crippen LogP contribution in [0.5, 0.6) is 0 Å². The van der Waals surface area contributed by atoms with Crippen LogP contribution in [0.15, 0.2) is 29.2 Å². The van der Waals surface area contributed by atoms with Gasteiger partial charge in [0.2, 0.25) is 10.0 Å². The van der Waals surface area contributed by atoms with Gasteiger partial charge in [0, 0.05) is 0 Å². The number of carboxylic acids is 2. The van der Waals surface area contributed by atoms with Crippen LogP contribution in [0.1, 0.15) is 6.42 Å². The van der Waals surface area contributed by atoms with Crippen LogP contribution in [0, 0.1) is 0 Å². The average Bonchev–Trinajstić information content (AvgIpc) is 2.27. The van der Waals surface area contributed by atoms with E-state index < -0.39 is 34.4 Å². The van der Waals surface area contributed by atoms with Crippen LogP contribution in [-0.4, -0.2) is 36.6 Å². The predicted octanol–water partition coefficient (Wildman–Crippen LogP) is 0.546. The van der Waals surface area contributed by atoms with Gasteiger partial charge in [-0.3, -0.25) is 9.59 Å². The van der Waals surface area contributed by atoms with Gasteiger partial charge in [-0.25, -0.2) is 8.42 Å². The lowest BCUT2D eigenvalue weighted by Crippen LogP contribution is -2.42. The number of hydrogen-bond donors (Lipinski definition) is 3. The minimum Gasteiger partial charge on any atom is -0.481 e. The van der Waals surface area contributed by atoms with Crippen molar-refractivity contribution in [1.29, 1.82) is 0 Å². The van der Waals surface area contributed by atoms with Gasteiger partial charge in [-0.2, -0.15) is 4.72 Å². The van der Waals surface area contributed by atoms with Crippen LogP contribution < -0.4 is 4.72 Å². The highest BCUT2D eigenvalue weighted by Gasteiger charge is 2.28. The van der Waals surface area contributed by atoms with Crippen LogP contribution in [0.25, 0.3) is 0 Å². The molecule has 0 saturated heterocycles. The van der Waals surface area contributed by atoms with Crippen LogP contribution in [0.3, 0.4) is 0 Å². The van der Waals surface area contributed by atoms with E-state index >= 15 is 0 Å². The normalized spacial score (nSPS) is 12.9. The summed E-state index contributed by atoms with van der Waals surface area (Å²) in [7, 11) is -4.21. The first-order valence-corrected chi connectivity index (χ1v) is 6.81. The molecule has 1 aromatic rings. The molecule has 0 fully saturated rings. The molecule has 0 heterocycles. The molecule has 0 aliphatic heterocycles. The molecule has 1 aromatic carbocycles. The quantitative estimate of drug-likeness (QED) is 0.705. The van der Waals surface area contributed by atoms with Crippen molar-refractivity contribution in [2.45, 2.75) is 17.4 Å². The second kappa shape index (κ2) is 6.00. The monoisotopic (exact) mass is 307 g/mol. The molecule has 0 amide bonds. The van der Waals surface area contributed by atoms with Crippen LogP contribution in [0.4, 0.5) is 0 Å². The summed E-state index contributed by atoms with van der Waals surface area (Å²) in [6.07, 6.45) is -0.876. The lowest BCUT2D eigenvalue weighted by molar-refractivity contribution is -0.145. The topological polar surface area (TPSA) is 121 Å². The second-order valence-electron chi connectivity index (χ2n) is 3.54. The predicted molar refractivity (Wildman–Crippen MR) is 65.5 cm³/mol. The highest BCUT2D eigenvalue weighted by atomic mass is 35.5. The summed E-state index contributed by atoms with van der Waals surface area (Å²) in [5.74, 6) is -3.02. The first kappa shape index (κ1) is 15.4. The lowest BCUT2D eigenvalue weighted by atomic mass is 10.2. The Bertz CT molecular complexity index is 600. The third kappa shape index (κ3) is 4.19. The molecule has 7 nitrogen and oxygen atoms in total. The van der Waals surface area contributed by atoms with E-state index in [2.05, 4.69) is 0 Å². The van der Waals surface area contributed by atoms with Crippen molar-refractivity contribution in [3.63, 3.8) is 0 Å². The van der Waals surface area contributed by atoms with E-state index in [9.17, 15) is 18.0 Å². The standard InChI is InChI=1S/C10H10ClNO6S/c11-6-3-1-2-4-8(6)19(17,18)12-7(10(15)16)5-9(13)14/h1-4,7,12H,5H2,(H,13,14)(H,15,16)/t7-/m0/s1. The van der Waals surface area contributed by atoms with Crippen molar-refractivity contribution in [3.05, 3.63) is 29.3 Å².